The second kappa shape index (κ2) is 4.38. The molecule has 0 aliphatic heterocycles. The van der Waals surface area contributed by atoms with E-state index in [0.29, 0.717) is 6.54 Å². The van der Waals surface area contributed by atoms with Crippen molar-refractivity contribution >= 4 is 21.4 Å². The fraction of sp³-hybridized carbons (Fsp3) is 0.143. The Morgan fingerprint density at radius 3 is 3.00 bits per heavy atom. The number of aromatic nitrogens is 2. The molecule has 0 bridgehead atoms. The van der Waals surface area contributed by atoms with E-state index in [-0.39, 0.29) is 5.56 Å². The monoisotopic (exact) mass is 256 g/mol. The van der Waals surface area contributed by atoms with Crippen molar-refractivity contribution in [3.63, 3.8) is 0 Å². The lowest BCUT2D eigenvalue weighted by Crippen LogP contribution is -2.19. The Morgan fingerprint density at radius 1 is 1.28 bits per heavy atom. The molecule has 0 aliphatic rings. The Labute approximate surface area is 108 Å². The van der Waals surface area contributed by atoms with Crippen molar-refractivity contribution in [1.29, 1.82) is 0 Å². The highest BCUT2D eigenvalue weighted by atomic mass is 32.1. The van der Waals surface area contributed by atoms with Gasteiger partial charge in [-0.3, -0.25) is 9.78 Å². The van der Waals surface area contributed by atoms with Gasteiger partial charge >= 0.3 is 0 Å². The molecule has 0 aromatic carbocycles. The molecule has 0 unspecified atom stereocenters. The molecule has 0 radical (unpaired) electrons. The highest BCUT2D eigenvalue weighted by molar-refractivity contribution is 7.17. The number of fused-ring (bicyclic) bond motifs is 1. The second-order valence-electron chi connectivity index (χ2n) is 4.22. The average Bonchev–Trinajstić information content (AvgIpc) is 2.82. The molecule has 0 aliphatic carbocycles. The van der Waals surface area contributed by atoms with E-state index in [2.05, 4.69) is 4.98 Å². The quantitative estimate of drug-likeness (QED) is 0.706. The van der Waals surface area contributed by atoms with Crippen LogP contribution in [0.15, 0.2) is 46.7 Å². The van der Waals surface area contributed by atoms with E-state index in [9.17, 15) is 4.79 Å². The normalized spacial score (nSPS) is 10.9. The number of rotatable bonds is 2. The Morgan fingerprint density at radius 2 is 2.17 bits per heavy atom. The first-order valence-electron chi connectivity index (χ1n) is 5.73. The first-order chi connectivity index (χ1) is 8.74. The molecule has 18 heavy (non-hydrogen) atoms. The van der Waals surface area contributed by atoms with Crippen molar-refractivity contribution in [2.75, 3.05) is 0 Å². The van der Waals surface area contributed by atoms with E-state index in [4.69, 9.17) is 0 Å². The van der Waals surface area contributed by atoms with Gasteiger partial charge in [0.2, 0.25) is 0 Å². The fourth-order valence-electron chi connectivity index (χ4n) is 1.99. The second-order valence-corrected chi connectivity index (χ2v) is 5.17. The maximum atomic E-state index is 12.2. The van der Waals surface area contributed by atoms with Gasteiger partial charge in [0.05, 0.1) is 17.6 Å². The molecule has 0 spiro atoms. The number of thiophene rings is 1. The average molecular weight is 256 g/mol. The summed E-state index contributed by atoms with van der Waals surface area (Å²) in [5.74, 6) is 0. The highest BCUT2D eigenvalue weighted by Gasteiger charge is 2.04. The molecule has 3 aromatic rings. The largest absolute Gasteiger partial charge is 0.309 e. The Balaban J connectivity index is 2.05. The lowest BCUT2D eigenvalue weighted by Gasteiger charge is -2.05. The Kier molecular flexibility index (Phi) is 2.72. The van der Waals surface area contributed by atoms with Crippen molar-refractivity contribution in [2.24, 2.45) is 0 Å². The molecule has 3 heterocycles. The number of nitrogens with zero attached hydrogens (tertiary/aromatic N) is 2. The minimum atomic E-state index is 0.0528. The summed E-state index contributed by atoms with van der Waals surface area (Å²) in [5, 5.41) is 2.73. The van der Waals surface area contributed by atoms with E-state index in [1.54, 1.807) is 15.9 Å². The molecule has 0 saturated carbocycles. The van der Waals surface area contributed by atoms with E-state index < -0.39 is 0 Å². The molecule has 4 heteroatoms. The van der Waals surface area contributed by atoms with Gasteiger partial charge in [0.1, 0.15) is 0 Å². The predicted molar refractivity (Wildman–Crippen MR) is 74.2 cm³/mol. The van der Waals surface area contributed by atoms with Gasteiger partial charge in [-0.15, -0.1) is 11.3 Å². The zero-order valence-electron chi connectivity index (χ0n) is 9.96. The Bertz CT molecular complexity index is 758. The maximum absolute atomic E-state index is 12.2. The van der Waals surface area contributed by atoms with Crippen molar-refractivity contribution in [2.45, 2.75) is 13.5 Å². The molecule has 0 fully saturated rings. The van der Waals surface area contributed by atoms with Gasteiger partial charge in [-0.25, -0.2) is 0 Å². The Hall–Kier alpha value is -1.94. The fourth-order valence-corrected chi connectivity index (χ4v) is 2.77. The van der Waals surface area contributed by atoms with Gasteiger partial charge in [-0.1, -0.05) is 6.07 Å². The molecule has 3 rings (SSSR count). The van der Waals surface area contributed by atoms with Gasteiger partial charge < -0.3 is 4.57 Å². The molecule has 90 valence electrons. The van der Waals surface area contributed by atoms with Crippen LogP contribution in [0.2, 0.25) is 0 Å². The van der Waals surface area contributed by atoms with Crippen molar-refractivity contribution in [3.8, 4) is 0 Å². The third-order valence-corrected chi connectivity index (χ3v) is 3.75. The van der Waals surface area contributed by atoms with Crippen molar-refractivity contribution < 1.29 is 0 Å². The van der Waals surface area contributed by atoms with Crippen LogP contribution in [0.4, 0.5) is 0 Å². The topological polar surface area (TPSA) is 34.9 Å². The SMILES string of the molecule is Cc1cccc(Cn2ccc3sccc3c2=O)n1. The molecular formula is C14H12N2OS. The van der Waals surface area contributed by atoms with Crippen LogP contribution in [0.3, 0.4) is 0 Å². The summed E-state index contributed by atoms with van der Waals surface area (Å²) in [7, 11) is 0. The van der Waals surface area contributed by atoms with Crippen LogP contribution in [0.1, 0.15) is 11.4 Å². The first kappa shape index (κ1) is 11.2. The maximum Gasteiger partial charge on any atom is 0.259 e. The van der Waals surface area contributed by atoms with Crippen molar-refractivity contribution in [3.05, 3.63) is 63.7 Å². The van der Waals surface area contributed by atoms with Gasteiger partial charge in [0.25, 0.3) is 5.56 Å². The van der Waals surface area contributed by atoms with Crippen LogP contribution < -0.4 is 5.56 Å². The van der Waals surface area contributed by atoms with E-state index in [1.165, 1.54) is 0 Å². The lowest BCUT2D eigenvalue weighted by atomic mass is 10.3. The van der Waals surface area contributed by atoms with E-state index in [1.807, 2.05) is 48.8 Å². The summed E-state index contributed by atoms with van der Waals surface area (Å²) in [4.78, 5) is 16.6. The number of hydrogen-bond acceptors (Lipinski definition) is 3. The minimum absolute atomic E-state index is 0.0528. The van der Waals surface area contributed by atoms with Crippen molar-refractivity contribution in [1.82, 2.24) is 9.55 Å². The van der Waals surface area contributed by atoms with Gasteiger partial charge in [0.15, 0.2) is 0 Å². The number of aryl methyl sites for hydroxylation is 1. The molecule has 3 nitrogen and oxygen atoms in total. The van der Waals surface area contributed by atoms with Crippen LogP contribution >= 0.6 is 11.3 Å². The standard InChI is InChI=1S/C14H12N2OS/c1-10-3-2-4-11(15-10)9-16-7-5-13-12(14(16)17)6-8-18-13/h2-8H,9H2,1H3. The molecule has 0 amide bonds. The third-order valence-electron chi connectivity index (χ3n) is 2.87. The zero-order chi connectivity index (χ0) is 12.5. The number of pyridine rings is 2. The van der Waals surface area contributed by atoms with E-state index >= 15 is 0 Å². The summed E-state index contributed by atoms with van der Waals surface area (Å²) in [5.41, 5.74) is 1.93. The predicted octanol–water partition coefficient (Wildman–Crippen LogP) is 2.81. The van der Waals surface area contributed by atoms with Gasteiger partial charge in [0, 0.05) is 16.6 Å². The molecular weight excluding hydrogens is 244 g/mol. The molecule has 0 N–H and O–H groups in total. The number of hydrogen-bond donors (Lipinski definition) is 0. The van der Waals surface area contributed by atoms with Crippen LogP contribution in [0, 0.1) is 6.92 Å². The van der Waals surface area contributed by atoms with E-state index in [0.717, 1.165) is 21.5 Å². The first-order valence-corrected chi connectivity index (χ1v) is 6.61. The summed E-state index contributed by atoms with van der Waals surface area (Å²) in [6.07, 6.45) is 1.84. The van der Waals surface area contributed by atoms with Crippen LogP contribution in [0.5, 0.6) is 0 Å². The summed E-state index contributed by atoms with van der Waals surface area (Å²) in [6.45, 7) is 2.47. The van der Waals surface area contributed by atoms with Gasteiger partial charge in [-0.05, 0) is 36.6 Å². The zero-order valence-corrected chi connectivity index (χ0v) is 10.8. The summed E-state index contributed by atoms with van der Waals surface area (Å²) >= 11 is 1.59. The van der Waals surface area contributed by atoms with Crippen LogP contribution in [-0.4, -0.2) is 9.55 Å². The summed E-state index contributed by atoms with van der Waals surface area (Å²) < 4.78 is 2.74. The minimum Gasteiger partial charge on any atom is -0.309 e. The smallest absolute Gasteiger partial charge is 0.259 e. The van der Waals surface area contributed by atoms with Crippen LogP contribution in [0.25, 0.3) is 10.1 Å². The highest BCUT2D eigenvalue weighted by Crippen LogP contribution is 2.16. The molecule has 3 aromatic heterocycles. The molecule has 0 saturated heterocycles. The summed E-state index contributed by atoms with van der Waals surface area (Å²) in [6, 6.07) is 9.72. The van der Waals surface area contributed by atoms with Gasteiger partial charge in [-0.2, -0.15) is 0 Å². The lowest BCUT2D eigenvalue weighted by molar-refractivity contribution is 0.744. The van der Waals surface area contributed by atoms with Crippen LogP contribution in [-0.2, 0) is 6.54 Å². The molecule has 0 atom stereocenters. The third kappa shape index (κ3) is 1.95.